The van der Waals surface area contributed by atoms with Crippen molar-refractivity contribution in [3.8, 4) is 10.4 Å². The molecule has 0 aliphatic rings. The Hall–Kier alpha value is -2.52. The Morgan fingerprint density at radius 3 is 2.54 bits per heavy atom. The second-order valence-corrected chi connectivity index (χ2v) is 7.19. The summed E-state index contributed by atoms with van der Waals surface area (Å²) in [6.07, 6.45) is -2.02. The van der Waals surface area contributed by atoms with E-state index in [2.05, 4.69) is 19.9 Å². The second kappa shape index (κ2) is 6.65. The molecule has 0 radical (unpaired) electrons. The maximum Gasteiger partial charge on any atom is 0.433 e. The third-order valence-electron chi connectivity index (χ3n) is 3.46. The molecule has 9 heteroatoms. The molecule has 4 aromatic rings. The summed E-state index contributed by atoms with van der Waals surface area (Å²) in [5, 5.41) is 1.28. The number of aromatic nitrogens is 4. The fraction of sp³-hybridized carbons (Fsp3) is 0.0588. The van der Waals surface area contributed by atoms with Crippen LogP contribution < -0.4 is 0 Å². The van der Waals surface area contributed by atoms with Gasteiger partial charge in [-0.3, -0.25) is 0 Å². The van der Waals surface area contributed by atoms with Crippen LogP contribution in [0.15, 0.2) is 65.2 Å². The van der Waals surface area contributed by atoms with E-state index in [0.29, 0.717) is 5.03 Å². The van der Waals surface area contributed by atoms with Crippen molar-refractivity contribution in [2.75, 3.05) is 0 Å². The van der Waals surface area contributed by atoms with Crippen molar-refractivity contribution in [1.29, 1.82) is 0 Å². The molecule has 0 aliphatic heterocycles. The van der Waals surface area contributed by atoms with Gasteiger partial charge >= 0.3 is 6.18 Å². The lowest BCUT2D eigenvalue weighted by Gasteiger charge is -2.06. The van der Waals surface area contributed by atoms with E-state index >= 15 is 0 Å². The van der Waals surface area contributed by atoms with Crippen molar-refractivity contribution in [2.24, 2.45) is 0 Å². The fourth-order valence-corrected chi connectivity index (χ4v) is 4.16. The minimum atomic E-state index is -4.51. The first kappa shape index (κ1) is 16.9. The topological polar surface area (TPSA) is 51.6 Å². The van der Waals surface area contributed by atoms with Gasteiger partial charge in [-0.15, -0.1) is 11.3 Å². The molecule has 26 heavy (non-hydrogen) atoms. The van der Waals surface area contributed by atoms with Crippen LogP contribution in [0.2, 0.25) is 0 Å². The molecular formula is C17H9F3N4S2. The Bertz CT molecular complexity index is 1060. The fourth-order valence-electron chi connectivity index (χ4n) is 2.29. The number of thiophene rings is 1. The van der Waals surface area contributed by atoms with Crippen LogP contribution in [0, 0.1) is 0 Å². The van der Waals surface area contributed by atoms with Crippen molar-refractivity contribution in [3.63, 3.8) is 0 Å². The number of alkyl halides is 3. The summed E-state index contributed by atoms with van der Waals surface area (Å²) in [4.78, 5) is 17.7. The number of hydrogen-bond acceptors (Lipinski definition) is 6. The molecule has 4 nitrogen and oxygen atoms in total. The molecule has 0 amide bonds. The summed E-state index contributed by atoms with van der Waals surface area (Å²) in [7, 11) is 0. The van der Waals surface area contributed by atoms with Crippen LogP contribution in [0.25, 0.3) is 20.7 Å². The molecule has 0 fully saturated rings. The Kier molecular flexibility index (Phi) is 4.33. The predicted octanol–water partition coefficient (Wildman–Crippen LogP) is 5.32. The van der Waals surface area contributed by atoms with Crippen molar-refractivity contribution < 1.29 is 13.2 Å². The van der Waals surface area contributed by atoms with Gasteiger partial charge in [0.2, 0.25) is 0 Å². The highest BCUT2D eigenvalue weighted by atomic mass is 32.2. The number of rotatable bonds is 3. The van der Waals surface area contributed by atoms with E-state index in [9.17, 15) is 13.2 Å². The Morgan fingerprint density at radius 2 is 1.77 bits per heavy atom. The first-order valence-electron chi connectivity index (χ1n) is 7.39. The molecule has 3 heterocycles. The van der Waals surface area contributed by atoms with Gasteiger partial charge in [-0.05, 0) is 29.5 Å². The Balaban J connectivity index is 1.73. The highest BCUT2D eigenvalue weighted by Gasteiger charge is 2.32. The van der Waals surface area contributed by atoms with E-state index < -0.39 is 11.9 Å². The zero-order valence-electron chi connectivity index (χ0n) is 12.9. The van der Waals surface area contributed by atoms with Gasteiger partial charge in [0.25, 0.3) is 0 Å². The maximum atomic E-state index is 12.8. The van der Waals surface area contributed by atoms with Gasteiger partial charge in [0.05, 0.1) is 0 Å². The summed E-state index contributed by atoms with van der Waals surface area (Å²) in [5.41, 5.74) is 0.0670. The maximum absolute atomic E-state index is 12.8. The molecule has 1 aromatic carbocycles. The minimum Gasteiger partial charge on any atom is -0.231 e. The highest BCUT2D eigenvalue weighted by Crippen LogP contribution is 2.38. The van der Waals surface area contributed by atoms with Crippen LogP contribution in [0.4, 0.5) is 13.2 Å². The predicted molar refractivity (Wildman–Crippen MR) is 94.0 cm³/mol. The Morgan fingerprint density at radius 1 is 0.962 bits per heavy atom. The average Bonchev–Trinajstić information content (AvgIpc) is 3.07. The Labute approximate surface area is 154 Å². The van der Waals surface area contributed by atoms with Gasteiger partial charge in [-0.25, -0.2) is 19.9 Å². The molecule has 0 saturated carbocycles. The lowest BCUT2D eigenvalue weighted by Crippen LogP contribution is -2.08. The van der Waals surface area contributed by atoms with E-state index in [1.807, 2.05) is 36.4 Å². The van der Waals surface area contributed by atoms with E-state index in [1.165, 1.54) is 17.7 Å². The molecule has 0 N–H and O–H groups in total. The summed E-state index contributed by atoms with van der Waals surface area (Å²) in [5.74, 6) is 0. The first-order valence-corrected chi connectivity index (χ1v) is 9.02. The van der Waals surface area contributed by atoms with E-state index in [1.54, 1.807) is 0 Å². The molecular weight excluding hydrogens is 381 g/mol. The first-order chi connectivity index (χ1) is 12.5. The third kappa shape index (κ3) is 3.40. The average molecular weight is 390 g/mol. The minimum absolute atomic E-state index is 0.00714. The summed E-state index contributed by atoms with van der Waals surface area (Å²) >= 11 is 2.49. The molecule has 0 saturated heterocycles. The van der Waals surface area contributed by atoms with Gasteiger partial charge in [-0.1, -0.05) is 30.3 Å². The quantitative estimate of drug-likeness (QED) is 0.350. The molecule has 0 aliphatic carbocycles. The van der Waals surface area contributed by atoms with Crippen molar-refractivity contribution in [1.82, 2.24) is 19.9 Å². The number of fused-ring (bicyclic) bond motifs is 1. The van der Waals surface area contributed by atoms with Gasteiger partial charge in [0.15, 0.2) is 5.16 Å². The standard InChI is InChI=1S/C17H9F3N4S2/c18-17(19,20)13-6-7-21-16(24-13)26-15-11-8-12(10-4-2-1-3-5-10)25-14(11)22-9-23-15/h1-9H. The van der Waals surface area contributed by atoms with Crippen molar-refractivity contribution in [2.45, 2.75) is 16.4 Å². The number of hydrogen-bond donors (Lipinski definition) is 0. The van der Waals surface area contributed by atoms with Crippen molar-refractivity contribution in [3.05, 3.63) is 60.7 Å². The SMILES string of the molecule is FC(F)(F)c1ccnc(Sc2ncnc3sc(-c4ccccc4)cc23)n1. The molecule has 0 unspecified atom stereocenters. The highest BCUT2D eigenvalue weighted by molar-refractivity contribution is 7.99. The lowest BCUT2D eigenvalue weighted by molar-refractivity contribution is -0.141. The van der Waals surface area contributed by atoms with Gasteiger partial charge in [0.1, 0.15) is 21.9 Å². The van der Waals surface area contributed by atoms with E-state index in [0.717, 1.165) is 44.7 Å². The molecule has 0 bridgehead atoms. The second-order valence-electron chi connectivity index (χ2n) is 5.20. The number of benzene rings is 1. The van der Waals surface area contributed by atoms with Crippen LogP contribution in [0.3, 0.4) is 0 Å². The van der Waals surface area contributed by atoms with Crippen molar-refractivity contribution >= 4 is 33.3 Å². The van der Waals surface area contributed by atoms with Crippen LogP contribution in [0.5, 0.6) is 0 Å². The molecule has 4 rings (SSSR count). The zero-order valence-corrected chi connectivity index (χ0v) is 14.6. The third-order valence-corrected chi connectivity index (χ3v) is 5.45. The normalized spacial score (nSPS) is 11.8. The largest absolute Gasteiger partial charge is 0.433 e. The smallest absolute Gasteiger partial charge is 0.231 e. The number of halogens is 3. The number of nitrogens with zero attached hydrogens (tertiary/aromatic N) is 4. The summed E-state index contributed by atoms with van der Waals surface area (Å²) in [6, 6.07) is 12.6. The molecule has 0 atom stereocenters. The van der Waals surface area contributed by atoms with Crippen LogP contribution in [0.1, 0.15) is 5.69 Å². The van der Waals surface area contributed by atoms with Crippen LogP contribution in [-0.4, -0.2) is 19.9 Å². The van der Waals surface area contributed by atoms with Gasteiger partial charge in [-0.2, -0.15) is 13.2 Å². The van der Waals surface area contributed by atoms with Crippen LogP contribution >= 0.6 is 23.1 Å². The van der Waals surface area contributed by atoms with Gasteiger partial charge in [0, 0.05) is 16.5 Å². The molecule has 3 aromatic heterocycles. The molecule has 130 valence electrons. The van der Waals surface area contributed by atoms with E-state index in [-0.39, 0.29) is 5.16 Å². The van der Waals surface area contributed by atoms with Gasteiger partial charge < -0.3 is 0 Å². The monoisotopic (exact) mass is 390 g/mol. The lowest BCUT2D eigenvalue weighted by atomic mass is 10.2. The summed E-state index contributed by atoms with van der Waals surface area (Å²) in [6.45, 7) is 0. The van der Waals surface area contributed by atoms with Crippen LogP contribution in [-0.2, 0) is 6.18 Å². The zero-order chi connectivity index (χ0) is 18.1. The van der Waals surface area contributed by atoms with E-state index in [4.69, 9.17) is 0 Å². The molecule has 0 spiro atoms. The summed E-state index contributed by atoms with van der Waals surface area (Å²) < 4.78 is 38.5.